The van der Waals surface area contributed by atoms with Crippen molar-refractivity contribution in [1.29, 1.82) is 0 Å². The molecule has 1 heterocycles. The Morgan fingerprint density at radius 1 is 0.906 bits per heavy atom. The Balaban J connectivity index is 1.90. The molecule has 0 unspecified atom stereocenters. The summed E-state index contributed by atoms with van der Waals surface area (Å²) in [6.45, 7) is 1.72. The molecule has 0 radical (unpaired) electrons. The van der Waals surface area contributed by atoms with Crippen molar-refractivity contribution >= 4 is 52.8 Å². The molecule has 6 nitrogen and oxygen atoms in total. The molecule has 1 aromatic heterocycles. The maximum atomic E-state index is 13.5. The van der Waals surface area contributed by atoms with Gasteiger partial charge in [0.25, 0.3) is 5.56 Å². The lowest BCUT2D eigenvalue weighted by molar-refractivity contribution is 0.379. The van der Waals surface area contributed by atoms with Gasteiger partial charge in [0.2, 0.25) is 10.0 Å². The molecule has 0 fully saturated rings. The summed E-state index contributed by atoms with van der Waals surface area (Å²) in [5.41, 5.74) is 0.865. The van der Waals surface area contributed by atoms with Gasteiger partial charge < -0.3 is 0 Å². The quantitative estimate of drug-likeness (QED) is 0.323. The molecule has 0 saturated heterocycles. The molecule has 32 heavy (non-hydrogen) atoms. The van der Waals surface area contributed by atoms with Gasteiger partial charge in [-0.3, -0.25) is 9.36 Å². The molecule has 0 amide bonds. The largest absolute Gasteiger partial charge is 0.268 e. The summed E-state index contributed by atoms with van der Waals surface area (Å²) in [7, 11) is -2.33. The molecule has 0 aliphatic heterocycles. The van der Waals surface area contributed by atoms with E-state index in [1.54, 1.807) is 55.5 Å². The van der Waals surface area contributed by atoms with E-state index in [-0.39, 0.29) is 10.5 Å². The van der Waals surface area contributed by atoms with Gasteiger partial charge in [-0.2, -0.15) is 4.31 Å². The van der Waals surface area contributed by atoms with E-state index in [9.17, 15) is 13.2 Å². The van der Waals surface area contributed by atoms with E-state index in [1.165, 1.54) is 28.1 Å². The maximum absolute atomic E-state index is 13.5. The van der Waals surface area contributed by atoms with Crippen molar-refractivity contribution in [3.8, 4) is 5.69 Å². The minimum atomic E-state index is -3.83. The molecule has 1 atom stereocenters. The van der Waals surface area contributed by atoms with Gasteiger partial charge in [-0.05, 0) is 67.6 Å². The second-order valence-corrected chi connectivity index (χ2v) is 11.1. The number of aromatic nitrogens is 2. The number of nitrogens with zero attached hydrogens (tertiary/aromatic N) is 3. The molecular formula is C23H19Br2N3O3S. The number of hydrogen-bond acceptors (Lipinski definition) is 4. The lowest BCUT2D eigenvalue weighted by atomic mass is 10.2. The molecule has 0 aliphatic carbocycles. The predicted molar refractivity (Wildman–Crippen MR) is 133 cm³/mol. The second-order valence-electron chi connectivity index (χ2n) is 7.26. The first-order valence-electron chi connectivity index (χ1n) is 9.71. The highest BCUT2D eigenvalue weighted by molar-refractivity contribution is 9.10. The summed E-state index contributed by atoms with van der Waals surface area (Å²) < 4.78 is 30.9. The van der Waals surface area contributed by atoms with Crippen molar-refractivity contribution in [1.82, 2.24) is 13.9 Å². The van der Waals surface area contributed by atoms with E-state index in [0.29, 0.717) is 22.4 Å². The Bertz CT molecular complexity index is 1450. The highest BCUT2D eigenvalue weighted by Gasteiger charge is 2.30. The number of fused-ring (bicyclic) bond motifs is 1. The van der Waals surface area contributed by atoms with Crippen LogP contribution < -0.4 is 5.56 Å². The molecule has 0 aliphatic rings. The standard InChI is InChI=1S/C23H19Br2N3O3S/c1-15(27(2)32(30,31)19-13-9-17(25)10-14-19)22-26-21-6-4-3-5-20(21)23(29)28(22)18-11-7-16(24)8-12-18/h3-15H,1-2H3/t15-/m1/s1. The van der Waals surface area contributed by atoms with Crippen LogP contribution >= 0.6 is 31.9 Å². The van der Waals surface area contributed by atoms with Gasteiger partial charge in [0.15, 0.2) is 0 Å². The first-order chi connectivity index (χ1) is 15.2. The highest BCUT2D eigenvalue weighted by atomic mass is 79.9. The van der Waals surface area contributed by atoms with Gasteiger partial charge in [-0.15, -0.1) is 0 Å². The van der Waals surface area contributed by atoms with Crippen molar-refractivity contribution in [3.05, 3.63) is 97.9 Å². The Morgan fingerprint density at radius 3 is 2.09 bits per heavy atom. The van der Waals surface area contributed by atoms with E-state index in [2.05, 4.69) is 31.9 Å². The molecule has 3 aromatic carbocycles. The summed E-state index contributed by atoms with van der Waals surface area (Å²) >= 11 is 6.74. The van der Waals surface area contributed by atoms with Crippen molar-refractivity contribution in [3.63, 3.8) is 0 Å². The smallest absolute Gasteiger partial charge is 0.266 e. The van der Waals surface area contributed by atoms with Crippen molar-refractivity contribution in [2.24, 2.45) is 0 Å². The third kappa shape index (κ3) is 4.17. The fraction of sp³-hybridized carbons (Fsp3) is 0.130. The van der Waals surface area contributed by atoms with Gasteiger partial charge in [0.05, 0.1) is 27.5 Å². The van der Waals surface area contributed by atoms with Crippen molar-refractivity contribution < 1.29 is 8.42 Å². The molecule has 0 bridgehead atoms. The van der Waals surface area contributed by atoms with Crippen molar-refractivity contribution in [2.75, 3.05) is 7.05 Å². The third-order valence-corrected chi connectivity index (χ3v) is 8.30. The van der Waals surface area contributed by atoms with E-state index < -0.39 is 16.1 Å². The fourth-order valence-electron chi connectivity index (χ4n) is 3.41. The number of para-hydroxylation sites is 1. The Labute approximate surface area is 202 Å². The van der Waals surface area contributed by atoms with Crippen LogP contribution in [0.15, 0.2) is 91.4 Å². The highest BCUT2D eigenvalue weighted by Crippen LogP contribution is 2.28. The summed E-state index contributed by atoms with van der Waals surface area (Å²) in [5, 5.41) is 0.463. The molecule has 164 valence electrons. The van der Waals surface area contributed by atoms with Crippen LogP contribution in [0.3, 0.4) is 0 Å². The van der Waals surface area contributed by atoms with Crippen LogP contribution in [-0.4, -0.2) is 29.3 Å². The molecule has 4 aromatic rings. The summed E-state index contributed by atoms with van der Waals surface area (Å²) in [6.07, 6.45) is 0. The number of halogens is 2. The van der Waals surface area contributed by atoms with Gasteiger partial charge in [0.1, 0.15) is 5.82 Å². The SMILES string of the molecule is C[C@H](c1nc2ccccc2c(=O)n1-c1ccc(Br)cc1)N(C)S(=O)(=O)c1ccc(Br)cc1. The van der Waals surface area contributed by atoms with Gasteiger partial charge in [0, 0.05) is 16.0 Å². The normalized spacial score (nSPS) is 12.9. The first kappa shape index (κ1) is 22.8. The van der Waals surface area contributed by atoms with Crippen LogP contribution in [0.5, 0.6) is 0 Å². The van der Waals surface area contributed by atoms with Crippen LogP contribution in [0.25, 0.3) is 16.6 Å². The minimum absolute atomic E-state index is 0.161. The third-order valence-electron chi connectivity index (χ3n) is 5.30. The lowest BCUT2D eigenvalue weighted by Gasteiger charge is -2.26. The van der Waals surface area contributed by atoms with E-state index in [4.69, 9.17) is 4.98 Å². The number of benzene rings is 3. The lowest BCUT2D eigenvalue weighted by Crippen LogP contribution is -2.34. The molecule has 9 heteroatoms. The van der Waals surface area contributed by atoms with Crippen molar-refractivity contribution in [2.45, 2.75) is 17.9 Å². The van der Waals surface area contributed by atoms with Gasteiger partial charge >= 0.3 is 0 Å². The molecule has 4 rings (SSSR count). The van der Waals surface area contributed by atoms with Crippen LogP contribution in [0, 0.1) is 0 Å². The molecule has 0 saturated carbocycles. The number of sulfonamides is 1. The second kappa shape index (κ2) is 8.90. The van der Waals surface area contributed by atoms with Crippen LogP contribution in [0.4, 0.5) is 0 Å². The zero-order chi connectivity index (χ0) is 23.0. The first-order valence-corrected chi connectivity index (χ1v) is 12.7. The Kier molecular flexibility index (Phi) is 6.35. The Morgan fingerprint density at radius 2 is 1.47 bits per heavy atom. The average Bonchev–Trinajstić information content (AvgIpc) is 2.79. The number of rotatable bonds is 5. The van der Waals surface area contributed by atoms with E-state index in [1.807, 2.05) is 12.1 Å². The zero-order valence-corrected chi connectivity index (χ0v) is 21.2. The Hall–Kier alpha value is -2.33. The summed E-state index contributed by atoms with van der Waals surface area (Å²) in [6, 6.07) is 20.0. The van der Waals surface area contributed by atoms with Crippen LogP contribution in [-0.2, 0) is 10.0 Å². The topological polar surface area (TPSA) is 72.3 Å². The van der Waals surface area contributed by atoms with Crippen LogP contribution in [0.2, 0.25) is 0 Å². The predicted octanol–water partition coefficient (Wildman–Crippen LogP) is 5.29. The van der Waals surface area contributed by atoms with Gasteiger partial charge in [-0.1, -0.05) is 44.0 Å². The van der Waals surface area contributed by atoms with Gasteiger partial charge in [-0.25, -0.2) is 13.4 Å². The van der Waals surface area contributed by atoms with E-state index >= 15 is 0 Å². The maximum Gasteiger partial charge on any atom is 0.266 e. The molecule has 0 N–H and O–H groups in total. The van der Waals surface area contributed by atoms with E-state index in [0.717, 1.165) is 8.95 Å². The number of hydrogen-bond donors (Lipinski definition) is 0. The zero-order valence-electron chi connectivity index (χ0n) is 17.2. The fourth-order valence-corrected chi connectivity index (χ4v) is 5.27. The van der Waals surface area contributed by atoms with Crippen LogP contribution in [0.1, 0.15) is 18.8 Å². The average molecular weight is 577 g/mol. The summed E-state index contributed by atoms with van der Waals surface area (Å²) in [5.74, 6) is 0.333. The molecular weight excluding hydrogens is 558 g/mol. The molecule has 0 spiro atoms. The summed E-state index contributed by atoms with van der Waals surface area (Å²) in [4.78, 5) is 18.3. The minimum Gasteiger partial charge on any atom is -0.268 e. The monoisotopic (exact) mass is 575 g/mol.